The summed E-state index contributed by atoms with van der Waals surface area (Å²) in [7, 11) is -5.36. The molecule has 0 aromatic heterocycles. The Morgan fingerprint density at radius 1 is 0.720 bits per heavy atom. The van der Waals surface area contributed by atoms with Crippen molar-refractivity contribution < 1.29 is 32.4 Å². The predicted molar refractivity (Wildman–Crippen MR) is 102 cm³/mol. The molecule has 0 aliphatic carbocycles. The average molecular weight is 404 g/mol. The zero-order valence-electron chi connectivity index (χ0n) is 16.3. The van der Waals surface area contributed by atoms with Crippen molar-refractivity contribution in [3.05, 3.63) is 0 Å². The van der Waals surface area contributed by atoms with E-state index >= 15 is 0 Å². The molecule has 2 N–H and O–H groups in total. The summed E-state index contributed by atoms with van der Waals surface area (Å²) in [5.74, 6) is 0. The molecule has 0 saturated carbocycles. The van der Waals surface area contributed by atoms with Crippen molar-refractivity contribution in [1.82, 2.24) is 0 Å². The molecule has 0 rings (SSSR count). The Hall–Kier alpha value is 0.420. The van der Waals surface area contributed by atoms with Gasteiger partial charge in [-0.2, -0.15) is 0 Å². The fraction of sp³-hybridized carbons (Fsp3) is 1.00. The van der Waals surface area contributed by atoms with Crippen molar-refractivity contribution in [3.8, 4) is 0 Å². The molecule has 0 aliphatic heterocycles. The van der Waals surface area contributed by atoms with Gasteiger partial charge in [-0.25, -0.2) is 4.57 Å². The van der Waals surface area contributed by atoms with Gasteiger partial charge < -0.3 is 18.8 Å². The zero-order chi connectivity index (χ0) is 19.4. The molecule has 0 aliphatic rings. The summed E-state index contributed by atoms with van der Waals surface area (Å²) >= 11 is 0. The summed E-state index contributed by atoms with van der Waals surface area (Å²) in [5.41, 5.74) is 0. The summed E-state index contributed by atoms with van der Waals surface area (Å²) in [6.45, 7) is 9.93. The van der Waals surface area contributed by atoms with Crippen LogP contribution in [0.15, 0.2) is 0 Å². The van der Waals surface area contributed by atoms with Gasteiger partial charge in [-0.05, 0) is 25.7 Å². The molecule has 25 heavy (non-hydrogen) atoms. The van der Waals surface area contributed by atoms with E-state index in [9.17, 15) is 4.57 Å². The van der Waals surface area contributed by atoms with Crippen LogP contribution in [0.4, 0.5) is 0 Å². The molecule has 0 bridgehead atoms. The summed E-state index contributed by atoms with van der Waals surface area (Å²) in [5, 5.41) is 0. The van der Waals surface area contributed by atoms with Crippen molar-refractivity contribution >= 4 is 16.4 Å². The maximum absolute atomic E-state index is 11.1. The van der Waals surface area contributed by atoms with Crippen molar-refractivity contribution in [2.24, 2.45) is 0 Å². The Balaban J connectivity index is 0. The molecule has 0 aromatic rings. The number of rotatable bonds is 16. The van der Waals surface area contributed by atoms with Gasteiger partial charge in [-0.15, -0.1) is 0 Å². The van der Waals surface area contributed by atoms with E-state index in [0.29, 0.717) is 13.2 Å². The standard InChI is InChI=1S/C8H19O4P.C8H19O3P/c1-3-5-7-11-13(9,10)12-8-6-4-2;1-3-5-7-10-12(9)11-8-6-4-2/h3-8H2,1-2H3,(H,9,10);9H,3-8H2,1-2H3. The molecule has 0 radical (unpaired) electrons. The summed E-state index contributed by atoms with van der Waals surface area (Å²) in [4.78, 5) is 18.2. The lowest BCUT2D eigenvalue weighted by Gasteiger charge is -2.10. The molecule has 7 nitrogen and oxygen atoms in total. The lowest BCUT2D eigenvalue weighted by atomic mass is 10.4. The van der Waals surface area contributed by atoms with Crippen LogP contribution in [0.3, 0.4) is 0 Å². The summed E-state index contributed by atoms with van der Waals surface area (Å²) < 4.78 is 30.5. The third kappa shape index (κ3) is 24.4. The molecule has 0 aromatic carbocycles. The van der Waals surface area contributed by atoms with Crippen LogP contribution >= 0.6 is 16.4 Å². The fourth-order valence-corrected chi connectivity index (χ4v) is 2.74. The highest BCUT2D eigenvalue weighted by Gasteiger charge is 2.19. The second-order valence-corrected chi connectivity index (χ2v) is 7.90. The zero-order valence-corrected chi connectivity index (χ0v) is 18.1. The topological polar surface area (TPSA) is 94.5 Å². The molecule has 0 atom stereocenters. The first-order chi connectivity index (χ1) is 11.9. The normalized spacial score (nSPS) is 11.5. The largest absolute Gasteiger partial charge is 0.472 e. The monoisotopic (exact) mass is 404 g/mol. The Kier molecular flexibility index (Phi) is 22.9. The molecular weight excluding hydrogens is 366 g/mol. The van der Waals surface area contributed by atoms with Gasteiger partial charge in [-0.1, -0.05) is 53.4 Å². The predicted octanol–water partition coefficient (Wildman–Crippen LogP) is 5.56. The SMILES string of the molecule is CCCCOP(=O)(O)OCCCC.CCCCOP(O)OCCCC. The molecule has 0 fully saturated rings. The van der Waals surface area contributed by atoms with Crippen molar-refractivity contribution in [2.75, 3.05) is 26.4 Å². The number of phosphoric ester groups is 1. The van der Waals surface area contributed by atoms with Crippen LogP contribution in [0.5, 0.6) is 0 Å². The van der Waals surface area contributed by atoms with Crippen LogP contribution in [0.25, 0.3) is 0 Å². The molecule has 0 amide bonds. The second kappa shape index (κ2) is 20.7. The van der Waals surface area contributed by atoms with E-state index < -0.39 is 16.4 Å². The minimum atomic E-state index is -3.75. The lowest BCUT2D eigenvalue weighted by Crippen LogP contribution is -1.98. The van der Waals surface area contributed by atoms with Gasteiger partial charge in [0.1, 0.15) is 0 Å². The Bertz CT molecular complexity index is 282. The van der Waals surface area contributed by atoms with E-state index in [0.717, 1.165) is 51.4 Å². The number of phosphoric acid groups is 1. The van der Waals surface area contributed by atoms with Crippen LogP contribution in [0, 0.1) is 0 Å². The van der Waals surface area contributed by atoms with Crippen LogP contribution in [-0.4, -0.2) is 36.2 Å². The molecule has 0 saturated heterocycles. The Morgan fingerprint density at radius 2 is 1.04 bits per heavy atom. The number of hydrogen-bond acceptors (Lipinski definition) is 6. The highest BCUT2D eigenvalue weighted by Crippen LogP contribution is 2.43. The van der Waals surface area contributed by atoms with E-state index in [1.54, 1.807) is 0 Å². The van der Waals surface area contributed by atoms with Crippen LogP contribution in [-0.2, 0) is 22.7 Å². The minimum Gasteiger partial charge on any atom is -0.328 e. The average Bonchev–Trinajstić information content (AvgIpc) is 2.56. The van der Waals surface area contributed by atoms with E-state index in [1.807, 2.05) is 13.8 Å². The quantitative estimate of drug-likeness (QED) is 0.257. The van der Waals surface area contributed by atoms with Gasteiger partial charge in [0.2, 0.25) is 0 Å². The van der Waals surface area contributed by atoms with Gasteiger partial charge in [0.25, 0.3) is 0 Å². The number of unbranched alkanes of at least 4 members (excludes halogenated alkanes) is 4. The Morgan fingerprint density at radius 3 is 1.36 bits per heavy atom. The highest BCUT2D eigenvalue weighted by molar-refractivity contribution is 7.47. The van der Waals surface area contributed by atoms with Crippen molar-refractivity contribution in [3.63, 3.8) is 0 Å². The van der Waals surface area contributed by atoms with E-state index in [4.69, 9.17) is 27.9 Å². The van der Waals surface area contributed by atoms with E-state index in [2.05, 4.69) is 13.8 Å². The van der Waals surface area contributed by atoms with Gasteiger partial charge in [0.15, 0.2) is 0 Å². The fourth-order valence-electron chi connectivity index (χ4n) is 1.30. The first-order valence-electron chi connectivity index (χ1n) is 9.30. The van der Waals surface area contributed by atoms with E-state index in [-0.39, 0.29) is 13.2 Å². The first kappa shape index (κ1) is 27.6. The first-order valence-corrected chi connectivity index (χ1v) is 11.9. The molecule has 9 heteroatoms. The third-order valence-electron chi connectivity index (χ3n) is 2.90. The van der Waals surface area contributed by atoms with Gasteiger partial charge in [0.05, 0.1) is 26.4 Å². The maximum atomic E-state index is 11.1. The molecule has 0 heterocycles. The van der Waals surface area contributed by atoms with Crippen molar-refractivity contribution in [2.45, 2.75) is 79.1 Å². The van der Waals surface area contributed by atoms with Gasteiger partial charge in [0, 0.05) is 0 Å². The van der Waals surface area contributed by atoms with E-state index in [1.165, 1.54) is 0 Å². The number of hydrogen-bond donors (Lipinski definition) is 2. The Labute approximate surface area is 155 Å². The third-order valence-corrected chi connectivity index (χ3v) is 4.73. The van der Waals surface area contributed by atoms with Crippen LogP contribution in [0.2, 0.25) is 0 Å². The molecule has 0 spiro atoms. The second-order valence-electron chi connectivity index (χ2n) is 5.45. The smallest absolute Gasteiger partial charge is 0.328 e. The highest BCUT2D eigenvalue weighted by atomic mass is 31.2. The van der Waals surface area contributed by atoms with Crippen LogP contribution < -0.4 is 0 Å². The molecule has 0 unspecified atom stereocenters. The minimum absolute atomic E-state index is 0.288. The lowest BCUT2D eigenvalue weighted by molar-refractivity contribution is 0.146. The van der Waals surface area contributed by atoms with Gasteiger partial charge >= 0.3 is 16.4 Å². The summed E-state index contributed by atoms with van der Waals surface area (Å²) in [6, 6.07) is 0. The molecule has 154 valence electrons. The van der Waals surface area contributed by atoms with Crippen LogP contribution in [0.1, 0.15) is 79.1 Å². The molecular formula is C16H38O7P2. The van der Waals surface area contributed by atoms with Crippen molar-refractivity contribution in [1.29, 1.82) is 0 Å². The summed E-state index contributed by atoms with van der Waals surface area (Å²) in [6.07, 6.45) is 7.57. The van der Waals surface area contributed by atoms with Gasteiger partial charge in [-0.3, -0.25) is 9.05 Å². The maximum Gasteiger partial charge on any atom is 0.472 e.